The number of sulfone groups is 1. The maximum Gasteiger partial charge on any atom is 0.166 e. The third kappa shape index (κ3) is 3.56. The van der Waals surface area contributed by atoms with Crippen molar-refractivity contribution in [1.29, 1.82) is 0 Å². The number of fused-ring (bicyclic) bond motifs is 1. The molecule has 0 amide bonds. The van der Waals surface area contributed by atoms with Gasteiger partial charge < -0.3 is 0 Å². The molecule has 0 N–H and O–H groups in total. The molecule has 3 aromatic rings. The highest BCUT2D eigenvalue weighted by atomic mass is 32.2. The van der Waals surface area contributed by atoms with Crippen LogP contribution in [0.3, 0.4) is 0 Å². The van der Waals surface area contributed by atoms with E-state index in [0.717, 1.165) is 22.8 Å². The zero-order valence-corrected chi connectivity index (χ0v) is 13.7. The molecule has 0 saturated heterocycles. The first-order valence-corrected chi connectivity index (χ1v) is 9.33. The van der Waals surface area contributed by atoms with E-state index in [0.29, 0.717) is 12.4 Å². The van der Waals surface area contributed by atoms with Gasteiger partial charge in [-0.15, -0.1) is 5.10 Å². The molecular weight excluding hydrogens is 312 g/mol. The summed E-state index contributed by atoms with van der Waals surface area (Å²) in [6.45, 7) is 2.61. The average Bonchev–Trinajstić information content (AvgIpc) is 2.94. The molecule has 0 bridgehead atoms. The van der Waals surface area contributed by atoms with Crippen LogP contribution in [0.5, 0.6) is 0 Å². The van der Waals surface area contributed by atoms with E-state index < -0.39 is 9.84 Å². The lowest BCUT2D eigenvalue weighted by Gasteiger charge is -2.08. The van der Waals surface area contributed by atoms with Crippen molar-refractivity contribution in [2.45, 2.75) is 31.4 Å². The molecule has 0 aliphatic heterocycles. The first kappa shape index (κ1) is 15.6. The molecule has 23 heavy (non-hydrogen) atoms. The van der Waals surface area contributed by atoms with Crippen LogP contribution < -0.4 is 0 Å². The Kier molecular flexibility index (Phi) is 4.38. The molecule has 6 nitrogen and oxygen atoms in total. The van der Waals surface area contributed by atoms with Crippen molar-refractivity contribution in [3.05, 3.63) is 53.9 Å². The number of aryl methyl sites for hydroxylation is 1. The zero-order valence-electron chi connectivity index (χ0n) is 12.9. The Morgan fingerprint density at radius 2 is 1.83 bits per heavy atom. The molecule has 120 valence electrons. The SMILES string of the molecule is CCCn1nnnc1CS(=O)(=O)Cc1cccc2ccccc12. The van der Waals surface area contributed by atoms with Crippen LogP contribution >= 0.6 is 0 Å². The van der Waals surface area contributed by atoms with Crippen molar-refractivity contribution >= 4 is 20.6 Å². The topological polar surface area (TPSA) is 77.7 Å². The molecule has 2 aromatic carbocycles. The molecule has 0 atom stereocenters. The van der Waals surface area contributed by atoms with Crippen LogP contribution in [0.2, 0.25) is 0 Å². The second-order valence-electron chi connectivity index (χ2n) is 5.49. The summed E-state index contributed by atoms with van der Waals surface area (Å²) < 4.78 is 26.7. The monoisotopic (exact) mass is 330 g/mol. The molecule has 0 aliphatic rings. The molecule has 0 saturated carbocycles. The van der Waals surface area contributed by atoms with Crippen LogP contribution in [-0.2, 0) is 27.9 Å². The van der Waals surface area contributed by atoms with E-state index in [9.17, 15) is 8.42 Å². The van der Waals surface area contributed by atoms with Gasteiger partial charge in [0.15, 0.2) is 15.7 Å². The Bertz CT molecular complexity index is 913. The van der Waals surface area contributed by atoms with Gasteiger partial charge >= 0.3 is 0 Å². The summed E-state index contributed by atoms with van der Waals surface area (Å²) in [6, 6.07) is 13.5. The predicted octanol–water partition coefficient (Wildman–Crippen LogP) is 2.35. The molecule has 7 heteroatoms. The van der Waals surface area contributed by atoms with E-state index in [-0.39, 0.29) is 11.5 Å². The van der Waals surface area contributed by atoms with Gasteiger partial charge in [-0.25, -0.2) is 13.1 Å². The third-order valence-corrected chi connectivity index (χ3v) is 5.09. The van der Waals surface area contributed by atoms with E-state index in [1.165, 1.54) is 0 Å². The van der Waals surface area contributed by atoms with Crippen LogP contribution in [0, 0.1) is 0 Å². The number of aromatic nitrogens is 4. The molecule has 0 fully saturated rings. The summed E-state index contributed by atoms with van der Waals surface area (Å²) in [5.41, 5.74) is 0.803. The highest BCUT2D eigenvalue weighted by Crippen LogP contribution is 2.21. The largest absolute Gasteiger partial charge is 0.229 e. The fourth-order valence-corrected chi connectivity index (χ4v) is 4.04. The van der Waals surface area contributed by atoms with Crippen LogP contribution in [0.1, 0.15) is 24.7 Å². The Hall–Kier alpha value is -2.28. The van der Waals surface area contributed by atoms with Crippen LogP contribution in [0.4, 0.5) is 0 Å². The molecule has 0 spiro atoms. The first-order chi connectivity index (χ1) is 11.1. The van der Waals surface area contributed by atoms with Crippen LogP contribution in [0.25, 0.3) is 10.8 Å². The highest BCUT2D eigenvalue weighted by molar-refractivity contribution is 7.89. The third-order valence-electron chi connectivity index (χ3n) is 3.65. The lowest BCUT2D eigenvalue weighted by Crippen LogP contribution is -2.13. The summed E-state index contributed by atoms with van der Waals surface area (Å²) in [5, 5.41) is 13.3. The summed E-state index contributed by atoms with van der Waals surface area (Å²) >= 11 is 0. The summed E-state index contributed by atoms with van der Waals surface area (Å²) in [4.78, 5) is 0. The van der Waals surface area contributed by atoms with Crippen molar-refractivity contribution in [3.63, 3.8) is 0 Å². The van der Waals surface area contributed by atoms with E-state index in [1.807, 2.05) is 49.4 Å². The van der Waals surface area contributed by atoms with Gasteiger partial charge in [0.2, 0.25) is 0 Å². The first-order valence-electron chi connectivity index (χ1n) is 7.51. The minimum atomic E-state index is -3.35. The minimum Gasteiger partial charge on any atom is -0.229 e. The number of tetrazole rings is 1. The fraction of sp³-hybridized carbons (Fsp3) is 0.312. The number of rotatable bonds is 6. The molecule has 0 aliphatic carbocycles. The summed E-state index contributed by atoms with van der Waals surface area (Å²) in [5.74, 6) is 0.225. The van der Waals surface area contributed by atoms with Crippen LogP contribution in [-0.4, -0.2) is 28.6 Å². The van der Waals surface area contributed by atoms with Gasteiger partial charge in [0.05, 0.1) is 5.75 Å². The molecule has 1 aromatic heterocycles. The normalized spacial score (nSPS) is 11.9. The highest BCUT2D eigenvalue weighted by Gasteiger charge is 2.19. The maximum atomic E-state index is 12.6. The number of nitrogens with zero attached hydrogens (tertiary/aromatic N) is 4. The quantitative estimate of drug-likeness (QED) is 0.693. The molecule has 0 radical (unpaired) electrons. The standard InChI is InChI=1S/C16H18N4O2S/c1-2-10-20-16(17-18-19-20)12-23(21,22)11-14-8-5-7-13-6-3-4-9-15(13)14/h3-9H,2,10-12H2,1H3. The molecular formula is C16H18N4O2S. The Morgan fingerprint density at radius 3 is 2.65 bits per heavy atom. The Morgan fingerprint density at radius 1 is 1.04 bits per heavy atom. The van der Waals surface area contributed by atoms with Crippen molar-refractivity contribution in [2.24, 2.45) is 0 Å². The zero-order chi connectivity index (χ0) is 16.3. The lowest BCUT2D eigenvalue weighted by atomic mass is 10.1. The van der Waals surface area contributed by atoms with Crippen LogP contribution in [0.15, 0.2) is 42.5 Å². The van der Waals surface area contributed by atoms with Gasteiger partial charge in [-0.2, -0.15) is 0 Å². The Balaban J connectivity index is 1.87. The van der Waals surface area contributed by atoms with Crippen molar-refractivity contribution in [1.82, 2.24) is 20.2 Å². The van der Waals surface area contributed by atoms with Crippen molar-refractivity contribution < 1.29 is 8.42 Å². The minimum absolute atomic E-state index is 0.0205. The summed E-state index contributed by atoms with van der Waals surface area (Å²) in [6.07, 6.45) is 0.849. The van der Waals surface area contributed by atoms with Gasteiger partial charge in [0.25, 0.3) is 0 Å². The average molecular weight is 330 g/mol. The van der Waals surface area contributed by atoms with E-state index in [1.54, 1.807) is 4.68 Å². The molecule has 3 rings (SSSR count). The van der Waals surface area contributed by atoms with Gasteiger partial charge in [0.1, 0.15) is 5.75 Å². The fourth-order valence-electron chi connectivity index (χ4n) is 2.62. The van der Waals surface area contributed by atoms with Gasteiger partial charge in [-0.1, -0.05) is 49.4 Å². The van der Waals surface area contributed by atoms with E-state index in [2.05, 4.69) is 15.5 Å². The van der Waals surface area contributed by atoms with Gasteiger partial charge in [-0.05, 0) is 33.2 Å². The smallest absolute Gasteiger partial charge is 0.166 e. The van der Waals surface area contributed by atoms with Crippen molar-refractivity contribution in [3.8, 4) is 0 Å². The maximum absolute atomic E-state index is 12.6. The second kappa shape index (κ2) is 6.45. The molecule has 0 unspecified atom stereocenters. The second-order valence-corrected chi connectivity index (χ2v) is 7.55. The van der Waals surface area contributed by atoms with Gasteiger partial charge in [-0.3, -0.25) is 0 Å². The van der Waals surface area contributed by atoms with E-state index in [4.69, 9.17) is 0 Å². The van der Waals surface area contributed by atoms with E-state index >= 15 is 0 Å². The van der Waals surface area contributed by atoms with Gasteiger partial charge in [0, 0.05) is 6.54 Å². The number of hydrogen-bond donors (Lipinski definition) is 0. The lowest BCUT2D eigenvalue weighted by molar-refractivity contribution is 0.555. The number of hydrogen-bond acceptors (Lipinski definition) is 5. The molecule has 1 heterocycles. The summed E-state index contributed by atoms with van der Waals surface area (Å²) in [7, 11) is -3.35. The number of benzene rings is 2. The Labute approximate surface area is 135 Å². The van der Waals surface area contributed by atoms with Crippen molar-refractivity contribution in [2.75, 3.05) is 0 Å². The predicted molar refractivity (Wildman–Crippen MR) is 88.4 cm³/mol.